The van der Waals surface area contributed by atoms with Crippen LogP contribution in [0, 0.1) is 6.92 Å². The van der Waals surface area contributed by atoms with Crippen molar-refractivity contribution in [1.29, 1.82) is 0 Å². The van der Waals surface area contributed by atoms with Crippen LogP contribution in [0.2, 0.25) is 0 Å². The highest BCUT2D eigenvalue weighted by atomic mass is 19.3. The number of rotatable bonds is 6. The number of carbonyl (C=O) groups excluding carboxylic acids is 1. The molecule has 0 radical (unpaired) electrons. The second-order valence-electron chi connectivity index (χ2n) is 7.01. The van der Waals surface area contributed by atoms with Gasteiger partial charge in [0.05, 0.1) is 5.69 Å². The number of aryl methyl sites for hydroxylation is 1. The summed E-state index contributed by atoms with van der Waals surface area (Å²) in [5.41, 5.74) is 2.24. The van der Waals surface area contributed by atoms with Gasteiger partial charge in [0, 0.05) is 18.2 Å². The number of nitrogens with zero attached hydrogens (tertiary/aromatic N) is 2. The topological polar surface area (TPSA) is 84.8 Å². The van der Waals surface area contributed by atoms with Crippen LogP contribution in [0.5, 0.6) is 5.75 Å². The van der Waals surface area contributed by atoms with E-state index in [4.69, 9.17) is 16.4 Å². The normalized spacial score (nSPS) is 13.5. The van der Waals surface area contributed by atoms with Crippen LogP contribution < -0.4 is 21.4 Å². The predicted octanol–water partition coefficient (Wildman–Crippen LogP) is 3.99. The first-order chi connectivity index (χ1) is 13.3. The minimum Gasteiger partial charge on any atom is -0.489 e. The summed E-state index contributed by atoms with van der Waals surface area (Å²) in [5, 5.41) is 1.53. The molecule has 0 aromatic heterocycles. The van der Waals surface area contributed by atoms with Crippen molar-refractivity contribution in [3.63, 3.8) is 0 Å². The number of nitrogens with two attached hydrogens (primary N) is 2. The fraction of sp³-hybridized carbons (Fsp3) is 0.350. The van der Waals surface area contributed by atoms with Gasteiger partial charge >= 0.3 is 6.03 Å². The Morgan fingerprint density at radius 3 is 2.57 bits per heavy atom. The molecule has 0 bridgehead atoms. The van der Waals surface area contributed by atoms with Crippen LogP contribution in [0.3, 0.4) is 0 Å². The van der Waals surface area contributed by atoms with Crippen LogP contribution in [-0.4, -0.2) is 18.1 Å². The number of urea groups is 1. The third-order valence-corrected chi connectivity index (χ3v) is 4.74. The molecule has 2 amide bonds. The van der Waals surface area contributed by atoms with Gasteiger partial charge in [-0.1, -0.05) is 29.8 Å². The van der Waals surface area contributed by atoms with E-state index in [1.165, 1.54) is 25.2 Å². The molecule has 0 spiro atoms. The molecule has 8 heteroatoms. The maximum absolute atomic E-state index is 13.6. The highest BCUT2D eigenvalue weighted by Gasteiger charge is 2.28. The van der Waals surface area contributed by atoms with Crippen LogP contribution in [0.15, 0.2) is 36.4 Å². The van der Waals surface area contributed by atoms with Gasteiger partial charge in [0.1, 0.15) is 12.4 Å². The number of halogens is 2. The van der Waals surface area contributed by atoms with Gasteiger partial charge in [-0.3, -0.25) is 5.01 Å². The molecule has 6 nitrogen and oxygen atoms in total. The molecule has 150 valence electrons. The van der Waals surface area contributed by atoms with Crippen molar-refractivity contribution in [2.75, 3.05) is 12.1 Å². The van der Waals surface area contributed by atoms with E-state index in [1.807, 2.05) is 19.1 Å². The van der Waals surface area contributed by atoms with E-state index in [0.717, 1.165) is 34.0 Å². The number of ether oxygens (including phenoxy) is 1. The lowest BCUT2D eigenvalue weighted by Crippen LogP contribution is -2.49. The van der Waals surface area contributed by atoms with E-state index in [0.29, 0.717) is 11.7 Å². The monoisotopic (exact) mass is 390 g/mol. The van der Waals surface area contributed by atoms with Gasteiger partial charge in [-0.05, 0) is 43.4 Å². The zero-order valence-corrected chi connectivity index (χ0v) is 15.9. The maximum atomic E-state index is 13.6. The van der Waals surface area contributed by atoms with Crippen molar-refractivity contribution < 1.29 is 18.3 Å². The zero-order chi connectivity index (χ0) is 20.4. The summed E-state index contributed by atoms with van der Waals surface area (Å²) in [4.78, 5) is 12.1. The van der Waals surface area contributed by atoms with Gasteiger partial charge in [-0.25, -0.2) is 30.3 Å². The first-order valence-electron chi connectivity index (χ1n) is 9.00. The summed E-state index contributed by atoms with van der Waals surface area (Å²) in [7, 11) is 1.32. The van der Waals surface area contributed by atoms with E-state index in [-0.39, 0.29) is 23.4 Å². The largest absolute Gasteiger partial charge is 0.489 e. The predicted molar refractivity (Wildman–Crippen MR) is 103 cm³/mol. The molecule has 3 rings (SSSR count). The van der Waals surface area contributed by atoms with Crippen LogP contribution in [0.4, 0.5) is 19.3 Å². The van der Waals surface area contributed by atoms with Gasteiger partial charge in [0.15, 0.2) is 0 Å². The second kappa shape index (κ2) is 8.12. The van der Waals surface area contributed by atoms with Crippen molar-refractivity contribution in [2.24, 2.45) is 11.7 Å². The van der Waals surface area contributed by atoms with Crippen LogP contribution >= 0.6 is 0 Å². The summed E-state index contributed by atoms with van der Waals surface area (Å²) in [6, 6.07) is 9.31. The molecule has 4 N–H and O–H groups in total. The van der Waals surface area contributed by atoms with Gasteiger partial charge in [0.25, 0.3) is 6.43 Å². The second-order valence-corrected chi connectivity index (χ2v) is 7.01. The van der Waals surface area contributed by atoms with Gasteiger partial charge in [-0.15, -0.1) is 0 Å². The van der Waals surface area contributed by atoms with E-state index < -0.39 is 12.5 Å². The van der Waals surface area contributed by atoms with E-state index >= 15 is 0 Å². The Morgan fingerprint density at radius 1 is 1.25 bits per heavy atom. The van der Waals surface area contributed by atoms with Crippen molar-refractivity contribution in [3.8, 4) is 5.75 Å². The lowest BCUT2D eigenvalue weighted by atomic mass is 10.0. The zero-order valence-electron chi connectivity index (χ0n) is 15.9. The van der Waals surface area contributed by atoms with E-state index in [1.54, 1.807) is 0 Å². The molecule has 0 aliphatic heterocycles. The molecule has 0 unspecified atom stereocenters. The Morgan fingerprint density at radius 2 is 1.96 bits per heavy atom. The number of hydrogen-bond donors (Lipinski definition) is 2. The lowest BCUT2D eigenvalue weighted by molar-refractivity contribution is 0.148. The summed E-state index contributed by atoms with van der Waals surface area (Å²) in [6.07, 6.45) is -0.558. The fourth-order valence-electron chi connectivity index (χ4n) is 3.12. The van der Waals surface area contributed by atoms with Crippen molar-refractivity contribution in [3.05, 3.63) is 58.7 Å². The minimum atomic E-state index is -2.74. The molecule has 2 aromatic carbocycles. The number of hydrogen-bond acceptors (Lipinski definition) is 4. The standard InChI is InChI=1S/C20H24F2N4O2/c1-12-6-9-18(15(10-12)13-7-8-13)28-11-16-14(19(21)22)4-3-5-17(16)26(24)20(27)25(2)23/h3-6,9-10,13,19H,7-8,11,23-24H2,1-2H3. The lowest BCUT2D eigenvalue weighted by Gasteiger charge is -2.25. The third-order valence-electron chi connectivity index (χ3n) is 4.74. The van der Waals surface area contributed by atoms with Crippen molar-refractivity contribution >= 4 is 11.7 Å². The first kappa shape index (κ1) is 20.0. The molecule has 1 fully saturated rings. The molecule has 28 heavy (non-hydrogen) atoms. The molecule has 1 saturated carbocycles. The summed E-state index contributed by atoms with van der Waals surface area (Å²) >= 11 is 0. The number of alkyl halides is 2. The number of carbonyl (C=O) groups is 1. The van der Waals surface area contributed by atoms with Crippen LogP contribution in [0.25, 0.3) is 0 Å². The molecule has 0 atom stereocenters. The Hall–Kier alpha value is -2.71. The molecule has 2 aromatic rings. The Kier molecular flexibility index (Phi) is 5.81. The molecule has 0 heterocycles. The average Bonchev–Trinajstić information content (AvgIpc) is 3.50. The van der Waals surface area contributed by atoms with Crippen LogP contribution in [0.1, 0.15) is 47.4 Å². The van der Waals surface area contributed by atoms with Crippen molar-refractivity contribution in [2.45, 2.75) is 38.7 Å². The number of amides is 2. The molecular weight excluding hydrogens is 366 g/mol. The van der Waals surface area contributed by atoms with Gasteiger partial charge < -0.3 is 4.74 Å². The van der Waals surface area contributed by atoms with Crippen LogP contribution in [-0.2, 0) is 6.61 Å². The summed E-state index contributed by atoms with van der Waals surface area (Å²) < 4.78 is 33.1. The SMILES string of the molecule is Cc1ccc(OCc2c(C(F)F)cccc2N(N)C(=O)N(C)N)c(C2CC2)c1. The average molecular weight is 390 g/mol. The maximum Gasteiger partial charge on any atom is 0.352 e. The quantitative estimate of drug-likeness (QED) is 0.444. The summed E-state index contributed by atoms with van der Waals surface area (Å²) in [5.74, 6) is 12.4. The van der Waals surface area contributed by atoms with Gasteiger partial charge in [0.2, 0.25) is 0 Å². The Labute approximate surface area is 162 Å². The first-order valence-corrected chi connectivity index (χ1v) is 9.00. The third kappa shape index (κ3) is 4.23. The number of anilines is 1. The van der Waals surface area contributed by atoms with E-state index in [2.05, 4.69) is 6.07 Å². The number of hydrazine groups is 2. The smallest absolute Gasteiger partial charge is 0.352 e. The van der Waals surface area contributed by atoms with E-state index in [9.17, 15) is 13.6 Å². The van der Waals surface area contributed by atoms with Crippen molar-refractivity contribution in [1.82, 2.24) is 5.01 Å². The number of benzene rings is 2. The molecule has 0 saturated heterocycles. The molecule has 1 aliphatic rings. The van der Waals surface area contributed by atoms with Gasteiger partial charge in [-0.2, -0.15) is 0 Å². The molecular formula is C20H24F2N4O2. The Balaban J connectivity index is 1.93. The molecule has 1 aliphatic carbocycles. The summed E-state index contributed by atoms with van der Waals surface area (Å²) in [6.45, 7) is 1.86. The highest BCUT2D eigenvalue weighted by molar-refractivity contribution is 5.91. The fourth-order valence-corrected chi connectivity index (χ4v) is 3.12. The minimum absolute atomic E-state index is 0.125. The highest BCUT2D eigenvalue weighted by Crippen LogP contribution is 2.45. The Bertz CT molecular complexity index is 869.